The topological polar surface area (TPSA) is 77.8 Å². The highest BCUT2D eigenvalue weighted by atomic mass is 14.7. The first kappa shape index (κ1) is 17.9. The lowest BCUT2D eigenvalue weighted by molar-refractivity contribution is 1.50. The van der Waals surface area contributed by atoms with Gasteiger partial charge in [-0.2, -0.15) is 0 Å². The van der Waals surface area contributed by atoms with E-state index in [1.54, 1.807) is 0 Å². The van der Waals surface area contributed by atoms with Crippen LogP contribution in [0.2, 0.25) is 0 Å². The van der Waals surface area contributed by atoms with Gasteiger partial charge in [-0.3, -0.25) is 0 Å². The van der Waals surface area contributed by atoms with Crippen molar-refractivity contribution >= 4 is 55.0 Å². The van der Waals surface area contributed by atoms with Crippen LogP contribution in [0.25, 0.3) is 43.6 Å². The van der Waals surface area contributed by atoms with Crippen LogP contribution in [0.4, 0.5) is 11.4 Å². The highest BCUT2D eigenvalue weighted by Crippen LogP contribution is 2.23. The minimum Gasteiger partial charge on any atom is -0.399 e. The molecule has 0 amide bonds. The van der Waals surface area contributed by atoms with Crippen LogP contribution in [0.5, 0.6) is 0 Å². The second-order valence-electron chi connectivity index (χ2n) is 7.27. The number of pyridine rings is 2. The molecule has 0 bridgehead atoms. The van der Waals surface area contributed by atoms with Gasteiger partial charge in [0, 0.05) is 32.9 Å². The van der Waals surface area contributed by atoms with E-state index < -0.39 is 0 Å². The molecule has 0 aliphatic rings. The van der Waals surface area contributed by atoms with Crippen molar-refractivity contribution in [2.45, 2.75) is 0 Å². The lowest BCUT2D eigenvalue weighted by atomic mass is 10.1. The molecule has 0 saturated carbocycles. The molecule has 0 aliphatic heterocycles. The zero-order chi connectivity index (χ0) is 20.5. The van der Waals surface area contributed by atoms with Crippen molar-refractivity contribution in [1.29, 1.82) is 0 Å². The van der Waals surface area contributed by atoms with Gasteiger partial charge in [-0.05, 0) is 48.5 Å². The van der Waals surface area contributed by atoms with Gasteiger partial charge >= 0.3 is 0 Å². The standard InChI is InChI=1S/C13H11N3.C13H9N/c14-10-3-1-8-5-9-2-4-11(15)7-13(9)16-12(8)6-10;1-3-7-12-10(5-1)9-11-6-2-4-8-13(11)14-12/h1-7H,14-15H2;1-9H. The predicted molar refractivity (Wildman–Crippen MR) is 127 cm³/mol. The van der Waals surface area contributed by atoms with Crippen LogP contribution in [0.1, 0.15) is 0 Å². The van der Waals surface area contributed by atoms with Crippen molar-refractivity contribution in [3.63, 3.8) is 0 Å². The SMILES string of the molecule is Nc1ccc2cc3ccc(N)cc3nc2c1.c1ccc2nc3ccccc3cc2c1. The Morgan fingerprint density at radius 3 is 1.30 bits per heavy atom. The number of fused-ring (bicyclic) bond motifs is 4. The van der Waals surface area contributed by atoms with Crippen LogP contribution in [0.3, 0.4) is 0 Å². The van der Waals surface area contributed by atoms with Crippen LogP contribution in [0, 0.1) is 0 Å². The Morgan fingerprint density at radius 1 is 0.400 bits per heavy atom. The number of hydrogen-bond acceptors (Lipinski definition) is 4. The Hall–Kier alpha value is -4.18. The maximum atomic E-state index is 5.73. The van der Waals surface area contributed by atoms with E-state index in [4.69, 9.17) is 11.5 Å². The number of rotatable bonds is 0. The molecule has 0 aliphatic carbocycles. The average molecular weight is 388 g/mol. The van der Waals surface area contributed by atoms with E-state index in [9.17, 15) is 0 Å². The third-order valence-corrected chi connectivity index (χ3v) is 5.09. The van der Waals surface area contributed by atoms with E-state index in [-0.39, 0.29) is 0 Å². The van der Waals surface area contributed by atoms with Crippen molar-refractivity contribution in [3.8, 4) is 0 Å². The summed E-state index contributed by atoms with van der Waals surface area (Å²) in [6.07, 6.45) is 0. The van der Waals surface area contributed by atoms with E-state index in [0.717, 1.165) is 44.2 Å². The van der Waals surface area contributed by atoms with Crippen LogP contribution < -0.4 is 11.5 Å². The summed E-state index contributed by atoms with van der Waals surface area (Å²) in [4.78, 5) is 9.12. The molecule has 4 N–H and O–H groups in total. The monoisotopic (exact) mass is 388 g/mol. The van der Waals surface area contributed by atoms with Crippen LogP contribution in [-0.4, -0.2) is 9.97 Å². The molecular formula is C26H20N4. The molecule has 4 nitrogen and oxygen atoms in total. The first-order valence-corrected chi connectivity index (χ1v) is 9.76. The van der Waals surface area contributed by atoms with Crippen LogP contribution in [-0.2, 0) is 0 Å². The minimum atomic E-state index is 0.725. The molecule has 0 atom stereocenters. The van der Waals surface area contributed by atoms with E-state index >= 15 is 0 Å². The van der Waals surface area contributed by atoms with Gasteiger partial charge in [-0.1, -0.05) is 48.5 Å². The zero-order valence-corrected chi connectivity index (χ0v) is 16.3. The van der Waals surface area contributed by atoms with Gasteiger partial charge in [0.1, 0.15) is 0 Å². The van der Waals surface area contributed by atoms with E-state index in [0.29, 0.717) is 0 Å². The van der Waals surface area contributed by atoms with Crippen molar-refractivity contribution in [3.05, 3.63) is 97.1 Å². The van der Waals surface area contributed by atoms with Crippen molar-refractivity contribution in [1.82, 2.24) is 9.97 Å². The number of nitrogens with two attached hydrogens (primary N) is 2. The highest BCUT2D eigenvalue weighted by Gasteiger charge is 2.00. The zero-order valence-electron chi connectivity index (χ0n) is 16.3. The Balaban J connectivity index is 0.000000130. The molecule has 0 radical (unpaired) electrons. The average Bonchev–Trinajstić information content (AvgIpc) is 2.76. The summed E-state index contributed by atoms with van der Waals surface area (Å²) in [5, 5.41) is 4.58. The van der Waals surface area contributed by atoms with Gasteiger partial charge in [0.2, 0.25) is 0 Å². The summed E-state index contributed by atoms with van der Waals surface area (Å²) < 4.78 is 0. The minimum absolute atomic E-state index is 0.725. The molecule has 4 aromatic carbocycles. The number of para-hydroxylation sites is 2. The van der Waals surface area contributed by atoms with Gasteiger partial charge in [-0.15, -0.1) is 0 Å². The molecule has 30 heavy (non-hydrogen) atoms. The fourth-order valence-corrected chi connectivity index (χ4v) is 3.58. The largest absolute Gasteiger partial charge is 0.399 e. The summed E-state index contributed by atoms with van der Waals surface area (Å²) in [5.74, 6) is 0. The number of nitrogen functional groups attached to an aromatic ring is 2. The molecule has 0 unspecified atom stereocenters. The molecule has 2 heterocycles. The van der Waals surface area contributed by atoms with Gasteiger partial charge in [0.05, 0.1) is 22.1 Å². The maximum Gasteiger partial charge on any atom is 0.0730 e. The summed E-state index contributed by atoms with van der Waals surface area (Å²) in [6, 6.07) is 32.1. The quantitative estimate of drug-likeness (QED) is 0.249. The van der Waals surface area contributed by atoms with Crippen LogP contribution >= 0.6 is 0 Å². The van der Waals surface area contributed by atoms with Crippen molar-refractivity contribution in [2.24, 2.45) is 0 Å². The predicted octanol–water partition coefficient (Wildman–Crippen LogP) is 5.94. The molecule has 6 rings (SSSR count). The van der Waals surface area contributed by atoms with Gasteiger partial charge < -0.3 is 11.5 Å². The molecule has 6 aromatic rings. The maximum absolute atomic E-state index is 5.73. The van der Waals surface area contributed by atoms with Gasteiger partial charge in [0.15, 0.2) is 0 Å². The molecule has 0 saturated heterocycles. The third kappa shape index (κ3) is 3.47. The second kappa shape index (κ2) is 7.33. The highest BCUT2D eigenvalue weighted by molar-refractivity contribution is 5.95. The molecule has 0 spiro atoms. The smallest absolute Gasteiger partial charge is 0.0730 e. The Morgan fingerprint density at radius 2 is 0.800 bits per heavy atom. The Kier molecular flexibility index (Phi) is 4.37. The van der Waals surface area contributed by atoms with E-state index in [1.165, 1.54) is 10.8 Å². The molecular weight excluding hydrogens is 368 g/mol. The molecule has 2 aromatic heterocycles. The summed E-state index contributed by atoms with van der Waals surface area (Å²) in [5.41, 5.74) is 16.8. The molecule has 0 fully saturated rings. The number of hydrogen-bond donors (Lipinski definition) is 2. The Labute approximate surface area is 173 Å². The number of benzene rings is 4. The van der Waals surface area contributed by atoms with Gasteiger partial charge in [-0.25, -0.2) is 9.97 Å². The van der Waals surface area contributed by atoms with Crippen molar-refractivity contribution < 1.29 is 0 Å². The van der Waals surface area contributed by atoms with Crippen LogP contribution in [0.15, 0.2) is 97.1 Å². The fourth-order valence-electron chi connectivity index (χ4n) is 3.58. The van der Waals surface area contributed by atoms with Crippen molar-refractivity contribution in [2.75, 3.05) is 11.5 Å². The summed E-state index contributed by atoms with van der Waals surface area (Å²) in [7, 11) is 0. The number of anilines is 2. The third-order valence-electron chi connectivity index (χ3n) is 5.09. The lowest BCUT2D eigenvalue weighted by Crippen LogP contribution is -1.89. The normalized spacial score (nSPS) is 10.9. The lowest BCUT2D eigenvalue weighted by Gasteiger charge is -2.03. The summed E-state index contributed by atoms with van der Waals surface area (Å²) >= 11 is 0. The molecule has 4 heteroatoms. The van der Waals surface area contributed by atoms with E-state index in [2.05, 4.69) is 34.2 Å². The second-order valence-corrected chi connectivity index (χ2v) is 7.27. The molecule has 144 valence electrons. The first-order valence-electron chi connectivity index (χ1n) is 9.76. The fraction of sp³-hybridized carbons (Fsp3) is 0. The van der Waals surface area contributed by atoms with Gasteiger partial charge in [0.25, 0.3) is 0 Å². The Bertz CT molecular complexity index is 1360. The number of nitrogens with zero attached hydrogens (tertiary/aromatic N) is 2. The summed E-state index contributed by atoms with van der Waals surface area (Å²) in [6.45, 7) is 0. The first-order chi connectivity index (χ1) is 14.7. The number of aromatic nitrogens is 2. The van der Waals surface area contributed by atoms with E-state index in [1.807, 2.05) is 72.8 Å².